The lowest BCUT2D eigenvalue weighted by Gasteiger charge is -2.15. The number of halogens is 3. The molecule has 1 aliphatic carbocycles. The Bertz CT molecular complexity index is 557. The monoisotopic (exact) mass is 318 g/mol. The number of hydrogen-bond donors (Lipinski definition) is 2. The Balaban J connectivity index is 2.25. The van der Waals surface area contributed by atoms with Gasteiger partial charge < -0.3 is 15.2 Å². The van der Waals surface area contributed by atoms with Gasteiger partial charge in [-0.3, -0.25) is 0 Å². The quantitative estimate of drug-likeness (QED) is 0.808. The maximum atomic E-state index is 12.3. The molecule has 0 spiro atoms. The van der Waals surface area contributed by atoms with Gasteiger partial charge in [0.1, 0.15) is 11.4 Å². The van der Waals surface area contributed by atoms with Crippen molar-refractivity contribution in [1.29, 1.82) is 0 Å². The highest BCUT2D eigenvalue weighted by molar-refractivity contribution is 5.93. The van der Waals surface area contributed by atoms with E-state index in [1.165, 1.54) is 6.07 Å². The summed E-state index contributed by atoms with van der Waals surface area (Å²) in [5.74, 6) is -0.839. The van der Waals surface area contributed by atoms with Crippen molar-refractivity contribution in [2.75, 3.05) is 18.5 Å². The molecule has 2 N–H and O–H groups in total. The lowest BCUT2D eigenvalue weighted by Crippen LogP contribution is -2.21. The van der Waals surface area contributed by atoms with Crippen LogP contribution in [0, 0.1) is 5.92 Å². The fourth-order valence-corrected chi connectivity index (χ4v) is 1.93. The molecule has 122 valence electrons. The number of aryl methyl sites for hydroxylation is 1. The largest absolute Gasteiger partial charge is 0.478 e. The second kappa shape index (κ2) is 6.41. The van der Waals surface area contributed by atoms with E-state index in [9.17, 15) is 23.1 Å². The molecule has 0 atom stereocenters. The van der Waals surface area contributed by atoms with E-state index in [4.69, 9.17) is 4.74 Å². The predicted octanol–water partition coefficient (Wildman–Crippen LogP) is 3.11. The number of aromatic carboxylic acids is 1. The Hall–Kier alpha value is -1.99. The third-order valence-corrected chi connectivity index (χ3v) is 3.30. The van der Waals surface area contributed by atoms with Crippen LogP contribution >= 0.6 is 0 Å². The number of alkyl halides is 3. The Morgan fingerprint density at radius 3 is 2.68 bits per heavy atom. The van der Waals surface area contributed by atoms with Crippen molar-refractivity contribution in [2.45, 2.75) is 32.4 Å². The van der Waals surface area contributed by atoms with E-state index < -0.39 is 18.8 Å². The molecular weight excluding hydrogens is 301 g/mol. The van der Waals surface area contributed by atoms with Gasteiger partial charge in [-0.2, -0.15) is 18.2 Å². The highest BCUT2D eigenvalue weighted by atomic mass is 19.4. The van der Waals surface area contributed by atoms with Crippen molar-refractivity contribution < 1.29 is 27.8 Å². The van der Waals surface area contributed by atoms with Crippen LogP contribution in [0.5, 0.6) is 5.88 Å². The van der Waals surface area contributed by atoms with Gasteiger partial charge in [-0.25, -0.2) is 4.79 Å². The molecule has 1 aromatic rings. The zero-order valence-corrected chi connectivity index (χ0v) is 12.0. The number of aromatic nitrogens is 1. The smallest absolute Gasteiger partial charge is 0.422 e. The van der Waals surface area contributed by atoms with Gasteiger partial charge in [0.2, 0.25) is 5.88 Å². The van der Waals surface area contributed by atoms with Gasteiger partial charge in [0, 0.05) is 12.1 Å². The molecule has 0 amide bonds. The number of nitrogens with zero attached hydrogens (tertiary/aromatic N) is 1. The number of carboxylic acids is 1. The first-order chi connectivity index (χ1) is 10.3. The van der Waals surface area contributed by atoms with Gasteiger partial charge in [0.25, 0.3) is 0 Å². The number of carboxylic acid groups (broad SMARTS) is 1. The van der Waals surface area contributed by atoms with Gasteiger partial charge in [0.15, 0.2) is 6.61 Å². The van der Waals surface area contributed by atoms with E-state index >= 15 is 0 Å². The second-order valence-electron chi connectivity index (χ2n) is 5.24. The average Bonchev–Trinajstić information content (AvgIpc) is 3.25. The standard InChI is InChI=1S/C14H17F3N2O3/c1-2-9-5-10(13(20)21)11(18-6-8-3-4-8)19-12(9)22-7-14(15,16)17/h5,8H,2-4,6-7H2,1H3,(H,18,19)(H,20,21). The van der Waals surface area contributed by atoms with Crippen LogP contribution in [0.3, 0.4) is 0 Å². The van der Waals surface area contributed by atoms with E-state index in [0.717, 1.165) is 12.8 Å². The molecule has 0 radical (unpaired) electrons. The Kier molecular flexibility index (Phi) is 4.77. The minimum absolute atomic E-state index is 0.0498. The molecule has 0 aromatic carbocycles. The molecule has 1 aliphatic rings. The highest BCUT2D eigenvalue weighted by Crippen LogP contribution is 2.30. The molecule has 0 bridgehead atoms. The van der Waals surface area contributed by atoms with Gasteiger partial charge in [-0.15, -0.1) is 0 Å². The number of ether oxygens (including phenoxy) is 1. The first kappa shape index (κ1) is 16.4. The zero-order chi connectivity index (χ0) is 16.3. The number of hydrogen-bond acceptors (Lipinski definition) is 4. The van der Waals surface area contributed by atoms with Crippen LogP contribution in [0.1, 0.15) is 35.7 Å². The topological polar surface area (TPSA) is 71.5 Å². The third-order valence-electron chi connectivity index (χ3n) is 3.30. The fraction of sp³-hybridized carbons (Fsp3) is 0.571. The summed E-state index contributed by atoms with van der Waals surface area (Å²) in [6.07, 6.45) is -2.04. The van der Waals surface area contributed by atoms with E-state index in [-0.39, 0.29) is 17.3 Å². The van der Waals surface area contributed by atoms with Crippen molar-refractivity contribution in [1.82, 2.24) is 4.98 Å². The lowest BCUT2D eigenvalue weighted by molar-refractivity contribution is -0.154. The first-order valence-corrected chi connectivity index (χ1v) is 7.00. The third kappa shape index (κ3) is 4.51. The molecule has 2 rings (SSSR count). The number of nitrogens with one attached hydrogen (secondary N) is 1. The summed E-state index contributed by atoms with van der Waals surface area (Å²) in [6, 6.07) is 1.32. The summed E-state index contributed by atoms with van der Waals surface area (Å²) in [7, 11) is 0. The minimum Gasteiger partial charge on any atom is -0.478 e. The number of anilines is 1. The normalized spacial score (nSPS) is 14.7. The molecule has 1 saturated carbocycles. The Morgan fingerprint density at radius 1 is 1.50 bits per heavy atom. The zero-order valence-electron chi connectivity index (χ0n) is 12.0. The molecule has 1 fully saturated rings. The molecule has 0 unspecified atom stereocenters. The highest BCUT2D eigenvalue weighted by Gasteiger charge is 2.30. The van der Waals surface area contributed by atoms with Crippen molar-refractivity contribution in [3.63, 3.8) is 0 Å². The molecule has 22 heavy (non-hydrogen) atoms. The average molecular weight is 318 g/mol. The first-order valence-electron chi connectivity index (χ1n) is 7.00. The molecule has 1 heterocycles. The summed E-state index contributed by atoms with van der Waals surface area (Å²) in [6.45, 7) is 0.791. The van der Waals surface area contributed by atoms with Gasteiger partial charge >= 0.3 is 12.1 Å². The van der Waals surface area contributed by atoms with E-state index in [0.29, 0.717) is 24.4 Å². The second-order valence-corrected chi connectivity index (χ2v) is 5.24. The lowest BCUT2D eigenvalue weighted by atomic mass is 10.1. The molecule has 0 saturated heterocycles. The summed E-state index contributed by atoms with van der Waals surface area (Å²) in [5, 5.41) is 12.1. The van der Waals surface area contributed by atoms with Crippen LogP contribution in [0.15, 0.2) is 6.07 Å². The summed E-state index contributed by atoms with van der Waals surface area (Å²) in [5.41, 5.74) is 0.274. The molecule has 0 aliphatic heterocycles. The summed E-state index contributed by atoms with van der Waals surface area (Å²) < 4.78 is 41.6. The van der Waals surface area contributed by atoms with Gasteiger partial charge in [0.05, 0.1) is 0 Å². The fourth-order valence-electron chi connectivity index (χ4n) is 1.93. The van der Waals surface area contributed by atoms with E-state index in [1.54, 1.807) is 6.92 Å². The van der Waals surface area contributed by atoms with Crippen LogP contribution in [0.4, 0.5) is 19.0 Å². The summed E-state index contributed by atoms with van der Waals surface area (Å²) >= 11 is 0. The number of rotatable bonds is 7. The van der Waals surface area contributed by atoms with Crippen molar-refractivity contribution in [3.8, 4) is 5.88 Å². The predicted molar refractivity (Wildman–Crippen MR) is 73.3 cm³/mol. The molecule has 8 heteroatoms. The molecular formula is C14H17F3N2O3. The Morgan fingerprint density at radius 2 is 2.18 bits per heavy atom. The SMILES string of the molecule is CCc1cc(C(=O)O)c(NCC2CC2)nc1OCC(F)(F)F. The number of carbonyl (C=O) groups is 1. The van der Waals surface area contributed by atoms with E-state index in [2.05, 4.69) is 10.3 Å². The van der Waals surface area contributed by atoms with E-state index in [1.807, 2.05) is 0 Å². The van der Waals surface area contributed by atoms with Crippen molar-refractivity contribution in [2.24, 2.45) is 5.92 Å². The summed E-state index contributed by atoms with van der Waals surface area (Å²) in [4.78, 5) is 15.2. The number of pyridine rings is 1. The maximum absolute atomic E-state index is 12.3. The van der Waals surface area contributed by atoms with Crippen LogP contribution < -0.4 is 10.1 Å². The maximum Gasteiger partial charge on any atom is 0.422 e. The van der Waals surface area contributed by atoms with Crippen LogP contribution in [0.25, 0.3) is 0 Å². The van der Waals surface area contributed by atoms with Crippen molar-refractivity contribution >= 4 is 11.8 Å². The minimum atomic E-state index is -4.47. The molecule has 1 aromatic heterocycles. The Labute approximate surface area is 125 Å². The van der Waals surface area contributed by atoms with Crippen LogP contribution in [-0.2, 0) is 6.42 Å². The van der Waals surface area contributed by atoms with Gasteiger partial charge in [-0.1, -0.05) is 6.92 Å². The van der Waals surface area contributed by atoms with Crippen LogP contribution in [0.2, 0.25) is 0 Å². The molecule has 5 nitrogen and oxygen atoms in total. The van der Waals surface area contributed by atoms with Crippen LogP contribution in [-0.4, -0.2) is 35.4 Å². The van der Waals surface area contributed by atoms with Crippen molar-refractivity contribution in [3.05, 3.63) is 17.2 Å². The van der Waals surface area contributed by atoms with Gasteiger partial charge in [-0.05, 0) is 31.2 Å².